The predicted molar refractivity (Wildman–Crippen MR) is 119 cm³/mol. The van der Waals surface area contributed by atoms with Crippen LogP contribution in [0.25, 0.3) is 22.3 Å². The van der Waals surface area contributed by atoms with Crippen LogP contribution >= 0.6 is 0 Å². The number of rotatable bonds is 4. The number of nitrogens with zero attached hydrogens (tertiary/aromatic N) is 2. The Labute approximate surface area is 171 Å². The van der Waals surface area contributed by atoms with Crippen LogP contribution in [0.2, 0.25) is 0 Å². The maximum Gasteiger partial charge on any atom is 0.110 e. The van der Waals surface area contributed by atoms with Crippen LogP contribution in [-0.4, -0.2) is 19.9 Å². The fourth-order valence-electron chi connectivity index (χ4n) is 3.20. The van der Waals surface area contributed by atoms with E-state index in [0.717, 1.165) is 51.5 Å². The second-order valence-electron chi connectivity index (χ2n) is 7.81. The number of aryl methyl sites for hydroxylation is 1. The molecule has 4 aromatic rings. The summed E-state index contributed by atoms with van der Waals surface area (Å²) in [6, 6.07) is 14.4. The van der Waals surface area contributed by atoms with E-state index >= 15 is 0 Å². The van der Waals surface area contributed by atoms with Crippen LogP contribution in [0, 0.1) is 17.8 Å². The number of fused-ring (bicyclic) bond motifs is 1. The molecule has 4 nitrogen and oxygen atoms in total. The minimum Gasteiger partial charge on any atom is -0.342 e. The Morgan fingerprint density at radius 1 is 0.931 bits per heavy atom. The molecular formula is C25H26N4. The third kappa shape index (κ3) is 4.09. The molecule has 0 bridgehead atoms. The number of aromatic nitrogens is 4. The van der Waals surface area contributed by atoms with Crippen molar-refractivity contribution in [3.8, 4) is 23.1 Å². The van der Waals surface area contributed by atoms with E-state index in [1.54, 1.807) is 0 Å². The minimum absolute atomic E-state index is 0.402. The van der Waals surface area contributed by atoms with Crippen LogP contribution in [0.15, 0.2) is 48.7 Å². The summed E-state index contributed by atoms with van der Waals surface area (Å²) in [4.78, 5) is 15.9. The van der Waals surface area contributed by atoms with E-state index in [1.165, 1.54) is 0 Å². The summed E-state index contributed by atoms with van der Waals surface area (Å²) in [6.45, 7) is 8.73. The largest absolute Gasteiger partial charge is 0.342 e. The van der Waals surface area contributed by atoms with E-state index in [4.69, 9.17) is 4.98 Å². The monoisotopic (exact) mass is 382 g/mol. The van der Waals surface area contributed by atoms with Gasteiger partial charge in [-0.3, -0.25) is 0 Å². The van der Waals surface area contributed by atoms with Crippen LogP contribution in [0.3, 0.4) is 0 Å². The summed E-state index contributed by atoms with van der Waals surface area (Å²) in [6.07, 6.45) is 2.79. The zero-order valence-corrected chi connectivity index (χ0v) is 17.4. The topological polar surface area (TPSA) is 57.4 Å². The van der Waals surface area contributed by atoms with Gasteiger partial charge in [0.2, 0.25) is 0 Å². The number of hydrogen-bond acceptors (Lipinski definition) is 2. The van der Waals surface area contributed by atoms with E-state index in [2.05, 4.69) is 72.7 Å². The molecule has 0 saturated carbocycles. The van der Waals surface area contributed by atoms with Crippen molar-refractivity contribution in [1.29, 1.82) is 0 Å². The molecule has 4 rings (SSSR count). The maximum absolute atomic E-state index is 4.73. The highest BCUT2D eigenvalue weighted by Crippen LogP contribution is 2.24. The van der Waals surface area contributed by atoms with Crippen molar-refractivity contribution in [3.63, 3.8) is 0 Å². The van der Waals surface area contributed by atoms with Crippen LogP contribution in [0.5, 0.6) is 0 Å². The molecule has 1 unspecified atom stereocenters. The minimum atomic E-state index is 0.402. The third-order valence-corrected chi connectivity index (χ3v) is 5.44. The van der Waals surface area contributed by atoms with E-state index in [1.807, 2.05) is 30.5 Å². The summed E-state index contributed by atoms with van der Waals surface area (Å²) < 4.78 is 0. The Hall–Kier alpha value is -3.32. The molecule has 0 saturated heterocycles. The van der Waals surface area contributed by atoms with E-state index in [-0.39, 0.29) is 0 Å². The average Bonchev–Trinajstić information content (AvgIpc) is 3.38. The van der Waals surface area contributed by atoms with Crippen molar-refractivity contribution < 1.29 is 0 Å². The Kier molecular flexibility index (Phi) is 5.22. The van der Waals surface area contributed by atoms with Crippen LogP contribution in [0.1, 0.15) is 56.4 Å². The molecule has 0 aliphatic carbocycles. The Balaban J connectivity index is 1.54. The summed E-state index contributed by atoms with van der Waals surface area (Å²) in [7, 11) is 0. The fourth-order valence-corrected chi connectivity index (χ4v) is 3.20. The first-order chi connectivity index (χ1) is 14.0. The van der Waals surface area contributed by atoms with Gasteiger partial charge in [-0.05, 0) is 41.8 Å². The molecule has 2 aromatic carbocycles. The van der Waals surface area contributed by atoms with Crippen molar-refractivity contribution in [3.05, 3.63) is 71.4 Å². The van der Waals surface area contributed by atoms with Crippen molar-refractivity contribution >= 4 is 11.0 Å². The molecule has 2 N–H and O–H groups in total. The SMILES string of the molecule is CCc1ncc(-c2ccc(C#Cc3ccc4nc(C(C)C(C)C)[nH]c4c3)cc2)[nH]1. The third-order valence-electron chi connectivity index (χ3n) is 5.44. The highest BCUT2D eigenvalue weighted by atomic mass is 14.9. The van der Waals surface area contributed by atoms with Gasteiger partial charge in [-0.25, -0.2) is 9.97 Å². The zero-order chi connectivity index (χ0) is 20.4. The van der Waals surface area contributed by atoms with Gasteiger partial charge in [-0.2, -0.15) is 0 Å². The van der Waals surface area contributed by atoms with Gasteiger partial charge in [-0.1, -0.05) is 51.7 Å². The highest BCUT2D eigenvalue weighted by molar-refractivity contribution is 5.77. The molecule has 1 atom stereocenters. The van der Waals surface area contributed by atoms with Crippen molar-refractivity contribution in [2.45, 2.75) is 40.0 Å². The molecule has 29 heavy (non-hydrogen) atoms. The highest BCUT2D eigenvalue weighted by Gasteiger charge is 2.14. The van der Waals surface area contributed by atoms with Gasteiger partial charge < -0.3 is 9.97 Å². The Morgan fingerprint density at radius 3 is 2.34 bits per heavy atom. The quantitative estimate of drug-likeness (QED) is 0.447. The van der Waals surface area contributed by atoms with Gasteiger partial charge in [0, 0.05) is 23.5 Å². The lowest BCUT2D eigenvalue weighted by molar-refractivity contribution is 0.515. The molecule has 0 amide bonds. The first-order valence-corrected chi connectivity index (χ1v) is 10.2. The summed E-state index contributed by atoms with van der Waals surface area (Å²) in [5.41, 5.74) is 6.16. The molecule has 2 heterocycles. The molecular weight excluding hydrogens is 356 g/mol. The number of aromatic amines is 2. The second-order valence-corrected chi connectivity index (χ2v) is 7.81. The summed E-state index contributed by atoms with van der Waals surface area (Å²) in [5.74, 6) is 9.52. The molecule has 0 aliphatic heterocycles. The fraction of sp³-hybridized carbons (Fsp3) is 0.280. The Bertz CT molecular complexity index is 1180. The molecule has 0 aliphatic rings. The predicted octanol–water partition coefficient (Wildman–Crippen LogP) is 5.67. The van der Waals surface area contributed by atoms with Crippen molar-refractivity contribution in [1.82, 2.24) is 19.9 Å². The standard InChI is InChI=1S/C25H26N4/c1-5-24-26-15-23(27-24)20-11-8-18(9-12-20)6-7-19-10-13-21-22(14-19)29-25(28-21)17(4)16(2)3/h8-17H,5H2,1-4H3,(H,26,27)(H,28,29). The normalized spacial score (nSPS) is 12.2. The zero-order valence-electron chi connectivity index (χ0n) is 17.4. The van der Waals surface area contributed by atoms with Crippen molar-refractivity contribution in [2.24, 2.45) is 5.92 Å². The van der Waals surface area contributed by atoms with E-state index in [0.29, 0.717) is 11.8 Å². The molecule has 2 aromatic heterocycles. The van der Waals surface area contributed by atoms with E-state index in [9.17, 15) is 0 Å². The first-order valence-electron chi connectivity index (χ1n) is 10.2. The lowest BCUT2D eigenvalue weighted by Gasteiger charge is -2.11. The van der Waals surface area contributed by atoms with Gasteiger partial charge in [0.05, 0.1) is 22.9 Å². The van der Waals surface area contributed by atoms with Crippen LogP contribution in [0.4, 0.5) is 0 Å². The molecule has 0 radical (unpaired) electrons. The smallest absolute Gasteiger partial charge is 0.110 e. The molecule has 0 fully saturated rings. The van der Waals surface area contributed by atoms with Gasteiger partial charge in [0.15, 0.2) is 0 Å². The average molecular weight is 383 g/mol. The number of H-pyrrole nitrogens is 2. The number of benzene rings is 2. The van der Waals surface area contributed by atoms with Gasteiger partial charge in [0.25, 0.3) is 0 Å². The maximum atomic E-state index is 4.73. The lowest BCUT2D eigenvalue weighted by atomic mass is 9.98. The van der Waals surface area contributed by atoms with Crippen LogP contribution in [-0.2, 0) is 6.42 Å². The molecule has 146 valence electrons. The summed E-state index contributed by atoms with van der Waals surface area (Å²) in [5, 5.41) is 0. The molecule has 0 spiro atoms. The lowest BCUT2D eigenvalue weighted by Crippen LogP contribution is -2.03. The van der Waals surface area contributed by atoms with Crippen molar-refractivity contribution in [2.75, 3.05) is 0 Å². The van der Waals surface area contributed by atoms with Crippen LogP contribution < -0.4 is 0 Å². The first kappa shape index (κ1) is 19.0. The number of hydrogen-bond donors (Lipinski definition) is 2. The van der Waals surface area contributed by atoms with Gasteiger partial charge in [-0.15, -0.1) is 0 Å². The Morgan fingerprint density at radius 2 is 1.66 bits per heavy atom. The molecule has 4 heteroatoms. The van der Waals surface area contributed by atoms with Gasteiger partial charge >= 0.3 is 0 Å². The summed E-state index contributed by atoms with van der Waals surface area (Å²) >= 11 is 0. The van der Waals surface area contributed by atoms with Gasteiger partial charge in [0.1, 0.15) is 11.6 Å². The van der Waals surface area contributed by atoms with E-state index < -0.39 is 0 Å². The second kappa shape index (κ2) is 7.97. The number of nitrogens with one attached hydrogen (secondary N) is 2. The number of imidazole rings is 2.